The molecule has 0 radical (unpaired) electrons. The maximum atomic E-state index is 13.3. The zero-order valence-electron chi connectivity index (χ0n) is 10.1. The molecule has 18 heavy (non-hydrogen) atoms. The first-order valence-electron chi connectivity index (χ1n) is 5.93. The summed E-state index contributed by atoms with van der Waals surface area (Å²) in [6.07, 6.45) is 0. The van der Waals surface area contributed by atoms with Crippen LogP contribution in [-0.2, 0) is 6.54 Å². The summed E-state index contributed by atoms with van der Waals surface area (Å²) in [5, 5.41) is 3.39. The van der Waals surface area contributed by atoms with Crippen molar-refractivity contribution in [3.63, 3.8) is 0 Å². The van der Waals surface area contributed by atoms with Crippen LogP contribution in [0, 0.1) is 5.82 Å². The second-order valence-corrected chi connectivity index (χ2v) is 4.43. The monoisotopic (exact) mass is 243 g/mol. The Bertz CT molecular complexity index is 582. The summed E-state index contributed by atoms with van der Waals surface area (Å²) < 4.78 is 18.5. The summed E-state index contributed by atoms with van der Waals surface area (Å²) >= 11 is 0. The van der Waals surface area contributed by atoms with Crippen LogP contribution in [0.5, 0.6) is 5.75 Å². The smallest absolute Gasteiger partial charge is 0.123 e. The zero-order valence-corrected chi connectivity index (χ0v) is 10.1. The zero-order chi connectivity index (χ0) is 12.5. The first-order valence-corrected chi connectivity index (χ1v) is 5.93. The molecule has 1 atom stereocenters. The lowest BCUT2D eigenvalue weighted by atomic mass is 9.98. The highest BCUT2D eigenvalue weighted by atomic mass is 19.1. The highest BCUT2D eigenvalue weighted by molar-refractivity contribution is 5.44. The van der Waals surface area contributed by atoms with E-state index in [2.05, 4.69) is 5.32 Å². The van der Waals surface area contributed by atoms with Crippen molar-refractivity contribution in [2.75, 3.05) is 7.11 Å². The van der Waals surface area contributed by atoms with Gasteiger partial charge in [-0.25, -0.2) is 4.39 Å². The Morgan fingerprint density at radius 1 is 1.22 bits per heavy atom. The molecule has 0 fully saturated rings. The Morgan fingerprint density at radius 3 is 2.89 bits per heavy atom. The molecule has 92 valence electrons. The molecule has 0 amide bonds. The second-order valence-electron chi connectivity index (χ2n) is 4.43. The molecule has 1 unspecified atom stereocenters. The topological polar surface area (TPSA) is 21.3 Å². The van der Waals surface area contributed by atoms with Gasteiger partial charge in [-0.05, 0) is 41.0 Å². The Morgan fingerprint density at radius 2 is 2.11 bits per heavy atom. The summed E-state index contributed by atoms with van der Waals surface area (Å²) in [6.45, 7) is 0.785. The van der Waals surface area contributed by atoms with E-state index in [-0.39, 0.29) is 11.9 Å². The lowest BCUT2D eigenvalue weighted by molar-refractivity contribution is 0.414. The van der Waals surface area contributed by atoms with Gasteiger partial charge in [0.2, 0.25) is 0 Å². The molecule has 2 aromatic carbocycles. The molecule has 0 saturated heterocycles. The van der Waals surface area contributed by atoms with Crippen molar-refractivity contribution in [1.82, 2.24) is 5.32 Å². The summed E-state index contributed by atoms with van der Waals surface area (Å²) in [7, 11) is 1.66. The summed E-state index contributed by atoms with van der Waals surface area (Å²) in [4.78, 5) is 0. The standard InChI is InChI=1S/C15H14FNO/c1-18-13-5-6-14-11(8-13)9-17-15(14)10-3-2-4-12(16)7-10/h2-8,15,17H,9H2,1H3. The minimum atomic E-state index is -0.198. The number of ether oxygens (including phenoxy) is 1. The van der Waals surface area contributed by atoms with E-state index in [1.165, 1.54) is 17.2 Å². The van der Waals surface area contributed by atoms with Gasteiger partial charge < -0.3 is 10.1 Å². The van der Waals surface area contributed by atoms with Crippen molar-refractivity contribution in [2.45, 2.75) is 12.6 Å². The highest BCUT2D eigenvalue weighted by Crippen LogP contribution is 2.33. The fourth-order valence-electron chi connectivity index (χ4n) is 2.45. The number of methoxy groups -OCH3 is 1. The maximum absolute atomic E-state index is 13.3. The number of hydrogen-bond acceptors (Lipinski definition) is 2. The number of rotatable bonds is 2. The Hall–Kier alpha value is -1.87. The van der Waals surface area contributed by atoms with Gasteiger partial charge in [-0.2, -0.15) is 0 Å². The molecule has 2 nitrogen and oxygen atoms in total. The third-order valence-corrected chi connectivity index (χ3v) is 3.34. The third-order valence-electron chi connectivity index (χ3n) is 3.34. The van der Waals surface area contributed by atoms with Crippen molar-refractivity contribution in [3.8, 4) is 5.75 Å². The van der Waals surface area contributed by atoms with Crippen molar-refractivity contribution in [2.24, 2.45) is 0 Å². The fourth-order valence-corrected chi connectivity index (χ4v) is 2.45. The molecular formula is C15H14FNO. The van der Waals surface area contributed by atoms with Crippen LogP contribution in [0.25, 0.3) is 0 Å². The van der Waals surface area contributed by atoms with Crippen LogP contribution in [0.2, 0.25) is 0 Å². The molecule has 1 aliphatic rings. The number of hydrogen-bond donors (Lipinski definition) is 1. The Balaban J connectivity index is 2.00. The second kappa shape index (κ2) is 4.42. The quantitative estimate of drug-likeness (QED) is 0.875. The molecule has 0 aliphatic carbocycles. The van der Waals surface area contributed by atoms with Crippen LogP contribution in [-0.4, -0.2) is 7.11 Å². The molecule has 1 aliphatic heterocycles. The van der Waals surface area contributed by atoms with Gasteiger partial charge in [0.25, 0.3) is 0 Å². The molecule has 3 rings (SSSR count). The molecule has 1 heterocycles. The minimum absolute atomic E-state index is 0.0709. The summed E-state index contributed by atoms with van der Waals surface area (Å²) in [5.74, 6) is 0.659. The average molecular weight is 243 g/mol. The van der Waals surface area contributed by atoms with E-state index in [1.807, 2.05) is 24.3 Å². The molecular weight excluding hydrogens is 229 g/mol. The predicted octanol–water partition coefficient (Wildman–Crippen LogP) is 3.03. The molecule has 0 bridgehead atoms. The van der Waals surface area contributed by atoms with Gasteiger partial charge in [0.05, 0.1) is 13.2 Å². The van der Waals surface area contributed by atoms with Crippen molar-refractivity contribution < 1.29 is 9.13 Å². The summed E-state index contributed by atoms with van der Waals surface area (Å²) in [6, 6.07) is 12.8. The van der Waals surface area contributed by atoms with E-state index < -0.39 is 0 Å². The van der Waals surface area contributed by atoms with E-state index >= 15 is 0 Å². The van der Waals surface area contributed by atoms with E-state index in [1.54, 1.807) is 19.2 Å². The van der Waals surface area contributed by atoms with Gasteiger partial charge >= 0.3 is 0 Å². The van der Waals surface area contributed by atoms with E-state index in [0.717, 1.165) is 17.9 Å². The largest absolute Gasteiger partial charge is 0.497 e. The normalized spacial score (nSPS) is 17.6. The molecule has 3 heteroatoms. The SMILES string of the molecule is COc1ccc2c(c1)CNC2c1cccc(F)c1. The van der Waals surface area contributed by atoms with Gasteiger partial charge in [-0.15, -0.1) is 0 Å². The molecule has 2 aromatic rings. The number of benzene rings is 2. The molecule has 0 saturated carbocycles. The van der Waals surface area contributed by atoms with Crippen LogP contribution < -0.4 is 10.1 Å². The third kappa shape index (κ3) is 1.87. The fraction of sp³-hybridized carbons (Fsp3) is 0.200. The highest BCUT2D eigenvalue weighted by Gasteiger charge is 2.23. The van der Waals surface area contributed by atoms with Gasteiger partial charge in [0.15, 0.2) is 0 Å². The van der Waals surface area contributed by atoms with Gasteiger partial charge in [0, 0.05) is 6.54 Å². The Kier molecular flexibility index (Phi) is 2.76. The first kappa shape index (κ1) is 11.2. The van der Waals surface area contributed by atoms with Crippen molar-refractivity contribution in [3.05, 3.63) is 65.0 Å². The molecule has 0 aromatic heterocycles. The minimum Gasteiger partial charge on any atom is -0.497 e. The van der Waals surface area contributed by atoms with E-state index in [9.17, 15) is 4.39 Å². The first-order chi connectivity index (χ1) is 8.78. The van der Waals surface area contributed by atoms with Gasteiger partial charge in [-0.1, -0.05) is 18.2 Å². The molecule has 0 spiro atoms. The summed E-state index contributed by atoms with van der Waals surface area (Å²) in [5.41, 5.74) is 3.36. The van der Waals surface area contributed by atoms with Crippen LogP contribution in [0.15, 0.2) is 42.5 Å². The Labute approximate surface area is 105 Å². The molecule has 1 N–H and O–H groups in total. The van der Waals surface area contributed by atoms with Crippen molar-refractivity contribution >= 4 is 0 Å². The van der Waals surface area contributed by atoms with Crippen LogP contribution >= 0.6 is 0 Å². The van der Waals surface area contributed by atoms with Gasteiger partial charge in [-0.3, -0.25) is 0 Å². The van der Waals surface area contributed by atoms with Gasteiger partial charge in [0.1, 0.15) is 11.6 Å². The van der Waals surface area contributed by atoms with E-state index in [0.29, 0.717) is 0 Å². The van der Waals surface area contributed by atoms with E-state index in [4.69, 9.17) is 4.74 Å². The lowest BCUT2D eigenvalue weighted by Gasteiger charge is -2.13. The van der Waals surface area contributed by atoms with Crippen LogP contribution in [0.1, 0.15) is 22.7 Å². The van der Waals surface area contributed by atoms with Crippen LogP contribution in [0.4, 0.5) is 4.39 Å². The van der Waals surface area contributed by atoms with Crippen molar-refractivity contribution in [1.29, 1.82) is 0 Å². The number of halogens is 1. The predicted molar refractivity (Wildman–Crippen MR) is 68.1 cm³/mol. The maximum Gasteiger partial charge on any atom is 0.123 e. The average Bonchev–Trinajstić information content (AvgIpc) is 2.81. The lowest BCUT2D eigenvalue weighted by Crippen LogP contribution is -2.13. The van der Waals surface area contributed by atoms with Crippen LogP contribution in [0.3, 0.4) is 0 Å². The number of fused-ring (bicyclic) bond motifs is 1. The number of nitrogens with one attached hydrogen (secondary N) is 1.